The van der Waals surface area contributed by atoms with Gasteiger partial charge in [-0.2, -0.15) is 0 Å². The molecule has 0 aliphatic heterocycles. The predicted octanol–water partition coefficient (Wildman–Crippen LogP) is 9.36. The first-order valence-electron chi connectivity index (χ1n) is 14.2. The van der Waals surface area contributed by atoms with Gasteiger partial charge in [0.25, 0.3) is 6.43 Å². The number of methoxy groups -OCH3 is 1. The minimum Gasteiger partial charge on any atom is -0.489 e. The number of alkyl halides is 2. The molecule has 3 nitrogen and oxygen atoms in total. The maximum absolute atomic E-state index is 15.0. The molecule has 0 aromatic heterocycles. The standard InChI is InChI=1S/C34H37F3O3/c1-34(2)15-5-8-30(34)28-16-21(9-13-26(28)29-18-24(33(36)37)12-14-31(29)35)20-40-25-7-4-6-23(17-25)27(22-10-11-22)19-32(38)39-3/h4,6-7,9,12-14,16-18,22,27,30,33H,5,8,10-11,15,19-20H2,1-3H3/t27-,30+/m1/s1. The molecule has 212 valence electrons. The molecule has 2 aliphatic carbocycles. The van der Waals surface area contributed by atoms with Crippen molar-refractivity contribution < 1.29 is 27.4 Å². The van der Waals surface area contributed by atoms with Gasteiger partial charge >= 0.3 is 5.97 Å². The van der Waals surface area contributed by atoms with E-state index in [2.05, 4.69) is 19.9 Å². The maximum atomic E-state index is 15.0. The summed E-state index contributed by atoms with van der Waals surface area (Å²) in [7, 11) is 1.42. The SMILES string of the molecule is COC(=O)C[C@@H](c1cccc(OCc2ccc(-c3cc(C(F)F)ccc3F)c([C@@H]3CCCC3(C)C)c2)c1)C1CC1. The molecule has 6 heteroatoms. The molecule has 0 saturated heterocycles. The van der Waals surface area contributed by atoms with Gasteiger partial charge in [0.1, 0.15) is 18.2 Å². The van der Waals surface area contributed by atoms with E-state index in [1.165, 1.54) is 13.2 Å². The van der Waals surface area contributed by atoms with Gasteiger partial charge in [0, 0.05) is 11.1 Å². The van der Waals surface area contributed by atoms with Gasteiger partial charge in [0.15, 0.2) is 0 Å². The quantitative estimate of drug-likeness (QED) is 0.236. The molecule has 5 rings (SSSR count). The summed E-state index contributed by atoms with van der Waals surface area (Å²) in [6.45, 7) is 4.76. The van der Waals surface area contributed by atoms with Gasteiger partial charge in [-0.25, -0.2) is 13.2 Å². The zero-order valence-electron chi connectivity index (χ0n) is 23.4. The van der Waals surface area contributed by atoms with Gasteiger partial charge in [-0.15, -0.1) is 0 Å². The fraction of sp³-hybridized carbons (Fsp3) is 0.441. The average Bonchev–Trinajstić information content (AvgIpc) is 3.72. The van der Waals surface area contributed by atoms with Gasteiger partial charge in [-0.1, -0.05) is 56.7 Å². The third kappa shape index (κ3) is 6.21. The largest absolute Gasteiger partial charge is 0.489 e. The molecule has 2 fully saturated rings. The molecule has 0 spiro atoms. The summed E-state index contributed by atoms with van der Waals surface area (Å²) >= 11 is 0. The summed E-state index contributed by atoms with van der Waals surface area (Å²) in [6.07, 6.45) is 3.00. The Morgan fingerprint density at radius 1 is 0.975 bits per heavy atom. The highest BCUT2D eigenvalue weighted by molar-refractivity contribution is 5.71. The smallest absolute Gasteiger partial charge is 0.306 e. The lowest BCUT2D eigenvalue weighted by Gasteiger charge is -2.30. The van der Waals surface area contributed by atoms with Gasteiger partial charge in [0.2, 0.25) is 0 Å². The van der Waals surface area contributed by atoms with Gasteiger partial charge in [-0.05, 0) is 95.4 Å². The van der Waals surface area contributed by atoms with Crippen molar-refractivity contribution in [2.75, 3.05) is 7.11 Å². The Bertz CT molecular complexity index is 1360. The van der Waals surface area contributed by atoms with Crippen molar-refractivity contribution in [1.29, 1.82) is 0 Å². The van der Waals surface area contributed by atoms with E-state index in [4.69, 9.17) is 9.47 Å². The Morgan fingerprint density at radius 3 is 2.45 bits per heavy atom. The first-order valence-corrected chi connectivity index (χ1v) is 14.2. The van der Waals surface area contributed by atoms with Crippen LogP contribution in [0.15, 0.2) is 60.7 Å². The van der Waals surface area contributed by atoms with Crippen LogP contribution >= 0.6 is 0 Å². The van der Waals surface area contributed by atoms with Crippen LogP contribution in [0, 0.1) is 17.2 Å². The highest BCUT2D eigenvalue weighted by Gasteiger charge is 2.37. The third-order valence-corrected chi connectivity index (χ3v) is 8.78. The maximum Gasteiger partial charge on any atom is 0.306 e. The zero-order valence-corrected chi connectivity index (χ0v) is 23.4. The van der Waals surface area contributed by atoms with Gasteiger partial charge < -0.3 is 9.47 Å². The zero-order chi connectivity index (χ0) is 28.4. The van der Waals surface area contributed by atoms with E-state index >= 15 is 4.39 Å². The van der Waals surface area contributed by atoms with Crippen LogP contribution in [0.25, 0.3) is 11.1 Å². The highest BCUT2D eigenvalue weighted by atomic mass is 19.3. The number of ether oxygens (including phenoxy) is 2. The summed E-state index contributed by atoms with van der Waals surface area (Å²) in [5, 5.41) is 0. The summed E-state index contributed by atoms with van der Waals surface area (Å²) < 4.78 is 53.1. The number of benzene rings is 3. The van der Waals surface area contributed by atoms with E-state index < -0.39 is 12.2 Å². The monoisotopic (exact) mass is 550 g/mol. The van der Waals surface area contributed by atoms with Crippen LogP contribution in [0.5, 0.6) is 5.75 Å². The lowest BCUT2D eigenvalue weighted by Crippen LogP contribution is -2.17. The fourth-order valence-corrected chi connectivity index (χ4v) is 6.34. The molecule has 0 radical (unpaired) electrons. The summed E-state index contributed by atoms with van der Waals surface area (Å²) in [4.78, 5) is 12.0. The number of hydrogen-bond donors (Lipinski definition) is 0. The Hall–Kier alpha value is -3.28. The number of carbonyl (C=O) groups excluding carboxylic acids is 1. The number of rotatable bonds is 10. The van der Waals surface area contributed by atoms with Crippen molar-refractivity contribution in [1.82, 2.24) is 0 Å². The van der Waals surface area contributed by atoms with E-state index in [9.17, 15) is 13.6 Å². The minimum atomic E-state index is -2.67. The molecule has 0 amide bonds. The second-order valence-corrected chi connectivity index (χ2v) is 12.0. The van der Waals surface area contributed by atoms with Crippen molar-refractivity contribution >= 4 is 5.97 Å². The van der Waals surface area contributed by atoms with Gasteiger partial charge in [-0.3, -0.25) is 4.79 Å². The van der Waals surface area contributed by atoms with Crippen molar-refractivity contribution in [3.8, 4) is 16.9 Å². The highest BCUT2D eigenvalue weighted by Crippen LogP contribution is 2.51. The summed E-state index contributed by atoms with van der Waals surface area (Å²) in [5.74, 6) is 0.794. The molecular weight excluding hydrogens is 513 g/mol. The Morgan fingerprint density at radius 2 is 1.77 bits per heavy atom. The first kappa shape index (κ1) is 28.3. The molecule has 0 unspecified atom stereocenters. The fourth-order valence-electron chi connectivity index (χ4n) is 6.34. The van der Waals surface area contributed by atoms with Crippen molar-refractivity contribution in [3.63, 3.8) is 0 Å². The lowest BCUT2D eigenvalue weighted by molar-refractivity contribution is -0.141. The Balaban J connectivity index is 1.43. The molecule has 0 bridgehead atoms. The van der Waals surface area contributed by atoms with Crippen LogP contribution in [0.2, 0.25) is 0 Å². The molecule has 0 N–H and O–H groups in total. The summed E-state index contributed by atoms with van der Waals surface area (Å²) in [5.41, 5.74) is 3.70. The van der Waals surface area contributed by atoms with Crippen LogP contribution in [-0.2, 0) is 16.1 Å². The molecule has 2 saturated carbocycles. The Kier molecular flexibility index (Phi) is 8.25. The molecule has 40 heavy (non-hydrogen) atoms. The van der Waals surface area contributed by atoms with Gasteiger partial charge in [0.05, 0.1) is 13.5 Å². The molecule has 3 aromatic rings. The number of hydrogen-bond acceptors (Lipinski definition) is 3. The van der Waals surface area contributed by atoms with E-state index in [-0.39, 0.29) is 34.3 Å². The van der Waals surface area contributed by atoms with Crippen LogP contribution in [-0.4, -0.2) is 13.1 Å². The van der Waals surface area contributed by atoms with E-state index in [0.717, 1.165) is 66.7 Å². The number of halogens is 3. The molecular formula is C34H37F3O3. The van der Waals surface area contributed by atoms with Crippen molar-refractivity contribution in [3.05, 3.63) is 88.7 Å². The van der Waals surface area contributed by atoms with E-state index in [1.807, 2.05) is 36.4 Å². The molecule has 2 atom stereocenters. The normalized spacial score (nSPS) is 19.0. The van der Waals surface area contributed by atoms with E-state index in [1.54, 1.807) is 0 Å². The second-order valence-electron chi connectivity index (χ2n) is 12.0. The lowest BCUT2D eigenvalue weighted by atomic mass is 9.75. The van der Waals surface area contributed by atoms with Crippen LogP contribution in [0.3, 0.4) is 0 Å². The van der Waals surface area contributed by atoms with E-state index in [0.29, 0.717) is 24.5 Å². The van der Waals surface area contributed by atoms with Crippen molar-refractivity contribution in [2.45, 2.75) is 77.2 Å². The summed E-state index contributed by atoms with van der Waals surface area (Å²) in [6, 6.07) is 17.3. The first-order chi connectivity index (χ1) is 19.2. The topological polar surface area (TPSA) is 35.5 Å². The minimum absolute atomic E-state index is 0.0107. The second kappa shape index (κ2) is 11.7. The third-order valence-electron chi connectivity index (χ3n) is 8.78. The van der Waals surface area contributed by atoms with Crippen LogP contribution < -0.4 is 4.74 Å². The molecule has 3 aromatic carbocycles. The number of carbonyl (C=O) groups is 1. The average molecular weight is 551 g/mol. The van der Waals surface area contributed by atoms with Crippen LogP contribution in [0.4, 0.5) is 13.2 Å². The number of esters is 1. The van der Waals surface area contributed by atoms with Crippen molar-refractivity contribution in [2.24, 2.45) is 11.3 Å². The predicted molar refractivity (Wildman–Crippen MR) is 150 cm³/mol. The molecule has 0 heterocycles. The Labute approximate surface area is 234 Å². The molecule has 2 aliphatic rings. The van der Waals surface area contributed by atoms with Crippen LogP contribution in [0.1, 0.15) is 92.9 Å².